The van der Waals surface area contributed by atoms with E-state index in [0.717, 1.165) is 17.0 Å². The predicted octanol–water partition coefficient (Wildman–Crippen LogP) is 2.33. The molecule has 110 valence electrons. The molecular weight excluding hydrogens is 269 g/mol. The molecule has 1 aromatic heterocycles. The maximum absolute atomic E-state index is 13.0. The molecule has 1 aliphatic heterocycles. The Hall–Kier alpha value is -2.01. The van der Waals surface area contributed by atoms with Gasteiger partial charge in [-0.1, -0.05) is 12.1 Å². The summed E-state index contributed by atoms with van der Waals surface area (Å²) in [7, 11) is 0. The van der Waals surface area contributed by atoms with Gasteiger partial charge in [-0.2, -0.15) is 0 Å². The van der Waals surface area contributed by atoms with Crippen LogP contribution in [0.4, 0.5) is 10.3 Å². The summed E-state index contributed by atoms with van der Waals surface area (Å²) >= 11 is 0. The molecule has 1 aliphatic rings. The van der Waals surface area contributed by atoms with E-state index in [1.165, 1.54) is 12.1 Å². The first-order valence-electron chi connectivity index (χ1n) is 7.02. The third kappa shape index (κ3) is 2.74. The molecule has 21 heavy (non-hydrogen) atoms. The van der Waals surface area contributed by atoms with Crippen molar-refractivity contribution in [1.82, 2.24) is 9.97 Å². The van der Waals surface area contributed by atoms with Crippen molar-refractivity contribution in [3.63, 3.8) is 0 Å². The standard InChI is InChI=1S/C16H18FN3O/c1-11-9-12(2)19-15(18-11)20-8-7-16(21,10-20)13-3-5-14(17)6-4-13/h3-6,9,21H,7-8,10H2,1-2H3/t16-/m0/s1. The highest BCUT2D eigenvalue weighted by atomic mass is 19.1. The lowest BCUT2D eigenvalue weighted by Crippen LogP contribution is -2.31. The lowest BCUT2D eigenvalue weighted by molar-refractivity contribution is 0.0605. The normalized spacial score (nSPS) is 21.8. The Morgan fingerprint density at radius 1 is 1.14 bits per heavy atom. The van der Waals surface area contributed by atoms with E-state index < -0.39 is 5.60 Å². The van der Waals surface area contributed by atoms with Crippen molar-refractivity contribution < 1.29 is 9.50 Å². The molecule has 0 aliphatic carbocycles. The number of β-amino-alcohol motifs (C(OH)–C–C–N with tert-alkyl or cyclic N) is 1. The molecule has 2 heterocycles. The third-order valence-electron chi connectivity index (χ3n) is 3.88. The monoisotopic (exact) mass is 287 g/mol. The number of hydrogen-bond acceptors (Lipinski definition) is 4. The van der Waals surface area contributed by atoms with Crippen LogP contribution in [0.1, 0.15) is 23.4 Å². The first-order chi connectivity index (χ1) is 9.96. The summed E-state index contributed by atoms with van der Waals surface area (Å²) in [6.45, 7) is 4.96. The molecule has 1 fully saturated rings. The molecular formula is C16H18FN3O. The van der Waals surface area contributed by atoms with Crippen molar-refractivity contribution in [3.05, 3.63) is 53.1 Å². The average molecular weight is 287 g/mol. The van der Waals surface area contributed by atoms with Gasteiger partial charge in [-0.3, -0.25) is 0 Å². The molecule has 2 aromatic rings. The fourth-order valence-corrected chi connectivity index (χ4v) is 2.81. The second kappa shape index (κ2) is 5.07. The molecule has 1 atom stereocenters. The fraction of sp³-hybridized carbons (Fsp3) is 0.375. The topological polar surface area (TPSA) is 49.2 Å². The van der Waals surface area contributed by atoms with Crippen LogP contribution in [0.5, 0.6) is 0 Å². The van der Waals surface area contributed by atoms with E-state index in [-0.39, 0.29) is 5.82 Å². The number of aryl methyl sites for hydroxylation is 2. The van der Waals surface area contributed by atoms with Crippen LogP contribution < -0.4 is 4.90 Å². The van der Waals surface area contributed by atoms with Gasteiger partial charge in [0.05, 0.1) is 6.54 Å². The van der Waals surface area contributed by atoms with E-state index in [4.69, 9.17) is 0 Å². The van der Waals surface area contributed by atoms with Crippen LogP contribution >= 0.6 is 0 Å². The summed E-state index contributed by atoms with van der Waals surface area (Å²) in [5.41, 5.74) is 1.58. The maximum Gasteiger partial charge on any atom is 0.225 e. The molecule has 0 bridgehead atoms. The first kappa shape index (κ1) is 13.9. The van der Waals surface area contributed by atoms with Gasteiger partial charge in [0, 0.05) is 17.9 Å². The van der Waals surface area contributed by atoms with Crippen molar-refractivity contribution >= 4 is 5.95 Å². The number of rotatable bonds is 2. The quantitative estimate of drug-likeness (QED) is 0.921. The SMILES string of the molecule is Cc1cc(C)nc(N2CC[C@@](O)(c3ccc(F)cc3)C2)n1. The zero-order valence-corrected chi connectivity index (χ0v) is 12.2. The zero-order valence-electron chi connectivity index (χ0n) is 12.2. The van der Waals surface area contributed by atoms with E-state index in [9.17, 15) is 9.50 Å². The van der Waals surface area contributed by atoms with Crippen LogP contribution in [-0.2, 0) is 5.60 Å². The van der Waals surface area contributed by atoms with Gasteiger partial charge in [-0.15, -0.1) is 0 Å². The smallest absolute Gasteiger partial charge is 0.225 e. The summed E-state index contributed by atoms with van der Waals surface area (Å²) in [6, 6.07) is 7.96. The van der Waals surface area contributed by atoms with Crippen molar-refractivity contribution in [2.75, 3.05) is 18.0 Å². The Morgan fingerprint density at radius 3 is 2.38 bits per heavy atom. The molecule has 0 amide bonds. The number of halogens is 1. The largest absolute Gasteiger partial charge is 0.383 e. The lowest BCUT2D eigenvalue weighted by Gasteiger charge is -2.24. The van der Waals surface area contributed by atoms with Gasteiger partial charge in [0.15, 0.2) is 0 Å². The molecule has 5 heteroatoms. The maximum atomic E-state index is 13.0. The summed E-state index contributed by atoms with van der Waals surface area (Å²) in [5, 5.41) is 10.8. The van der Waals surface area contributed by atoms with Crippen LogP contribution in [0.3, 0.4) is 0 Å². The van der Waals surface area contributed by atoms with E-state index in [1.807, 2.05) is 24.8 Å². The van der Waals surface area contributed by atoms with Gasteiger partial charge < -0.3 is 10.0 Å². The van der Waals surface area contributed by atoms with Gasteiger partial charge in [0.1, 0.15) is 11.4 Å². The van der Waals surface area contributed by atoms with E-state index in [1.54, 1.807) is 12.1 Å². The van der Waals surface area contributed by atoms with Gasteiger partial charge in [0.2, 0.25) is 5.95 Å². The van der Waals surface area contributed by atoms with Gasteiger partial charge in [0.25, 0.3) is 0 Å². The Bertz CT molecular complexity index is 639. The van der Waals surface area contributed by atoms with Crippen LogP contribution in [0, 0.1) is 19.7 Å². The molecule has 0 radical (unpaired) electrons. The molecule has 1 N–H and O–H groups in total. The minimum atomic E-state index is -0.977. The molecule has 0 unspecified atom stereocenters. The first-order valence-corrected chi connectivity index (χ1v) is 7.02. The number of nitrogens with zero attached hydrogens (tertiary/aromatic N) is 3. The fourth-order valence-electron chi connectivity index (χ4n) is 2.81. The summed E-state index contributed by atoms with van der Waals surface area (Å²) < 4.78 is 13.0. The Labute approximate surface area is 123 Å². The number of aliphatic hydroxyl groups is 1. The molecule has 4 nitrogen and oxygen atoms in total. The Balaban J connectivity index is 1.85. The van der Waals surface area contributed by atoms with Gasteiger partial charge in [-0.05, 0) is 44.0 Å². The number of hydrogen-bond donors (Lipinski definition) is 1. The van der Waals surface area contributed by atoms with Crippen molar-refractivity contribution in [2.45, 2.75) is 25.9 Å². The third-order valence-corrected chi connectivity index (χ3v) is 3.88. The molecule has 0 spiro atoms. The van der Waals surface area contributed by atoms with Crippen molar-refractivity contribution in [2.24, 2.45) is 0 Å². The predicted molar refractivity (Wildman–Crippen MR) is 78.6 cm³/mol. The number of aromatic nitrogens is 2. The average Bonchev–Trinajstić information content (AvgIpc) is 2.82. The minimum Gasteiger partial charge on any atom is -0.383 e. The second-order valence-electron chi connectivity index (χ2n) is 5.66. The van der Waals surface area contributed by atoms with Crippen LogP contribution in [0.15, 0.2) is 30.3 Å². The highest BCUT2D eigenvalue weighted by Crippen LogP contribution is 2.33. The Morgan fingerprint density at radius 2 is 1.76 bits per heavy atom. The van der Waals surface area contributed by atoms with E-state index >= 15 is 0 Å². The molecule has 1 saturated heterocycles. The molecule has 3 rings (SSSR count). The molecule has 1 aromatic carbocycles. The van der Waals surface area contributed by atoms with E-state index in [2.05, 4.69) is 9.97 Å². The van der Waals surface area contributed by atoms with E-state index in [0.29, 0.717) is 25.5 Å². The molecule has 0 saturated carbocycles. The summed E-state index contributed by atoms with van der Waals surface area (Å²) in [6.07, 6.45) is 0.578. The minimum absolute atomic E-state index is 0.296. The number of anilines is 1. The van der Waals surface area contributed by atoms with Crippen LogP contribution in [-0.4, -0.2) is 28.2 Å². The number of benzene rings is 1. The zero-order chi connectivity index (χ0) is 15.0. The summed E-state index contributed by atoms with van der Waals surface area (Å²) in [5.74, 6) is 0.348. The highest BCUT2D eigenvalue weighted by molar-refractivity contribution is 5.38. The van der Waals surface area contributed by atoms with Crippen molar-refractivity contribution in [3.8, 4) is 0 Å². The summed E-state index contributed by atoms with van der Waals surface area (Å²) in [4.78, 5) is 10.8. The van der Waals surface area contributed by atoms with Crippen molar-refractivity contribution in [1.29, 1.82) is 0 Å². The Kier molecular flexibility index (Phi) is 3.37. The lowest BCUT2D eigenvalue weighted by atomic mass is 9.93. The second-order valence-corrected chi connectivity index (χ2v) is 5.66. The van der Waals surface area contributed by atoms with Crippen LogP contribution in [0.25, 0.3) is 0 Å². The highest BCUT2D eigenvalue weighted by Gasteiger charge is 2.38. The van der Waals surface area contributed by atoms with Crippen LogP contribution in [0.2, 0.25) is 0 Å². The van der Waals surface area contributed by atoms with Gasteiger partial charge >= 0.3 is 0 Å². The van der Waals surface area contributed by atoms with Gasteiger partial charge in [-0.25, -0.2) is 14.4 Å².